The molecule has 0 aliphatic heterocycles. The molecule has 6 heteroatoms. The smallest absolute Gasteiger partial charge is 0.239 e. The Morgan fingerprint density at radius 1 is 1.57 bits per heavy atom. The standard InChI is InChI=1S/C8H14F2N4/c1-2-6(3-7(9)10)5-14-12-4-8(11)13-14/h4,6-7H,2-3,5H2,1H3,(H2,11,13). The van der Waals surface area contributed by atoms with Crippen LogP contribution in [-0.2, 0) is 6.54 Å². The van der Waals surface area contributed by atoms with E-state index in [1.54, 1.807) is 0 Å². The third kappa shape index (κ3) is 3.27. The quantitative estimate of drug-likeness (QED) is 0.791. The predicted molar refractivity (Wildman–Crippen MR) is 48.8 cm³/mol. The minimum absolute atomic E-state index is 0.0956. The number of hydrogen-bond acceptors (Lipinski definition) is 3. The number of rotatable bonds is 5. The van der Waals surface area contributed by atoms with Gasteiger partial charge in [-0.15, -0.1) is 5.10 Å². The molecule has 0 fully saturated rings. The summed E-state index contributed by atoms with van der Waals surface area (Å²) in [7, 11) is 0. The van der Waals surface area contributed by atoms with Crippen molar-refractivity contribution in [1.82, 2.24) is 15.0 Å². The molecule has 1 atom stereocenters. The fourth-order valence-corrected chi connectivity index (χ4v) is 1.25. The maximum atomic E-state index is 12.1. The number of nitrogens with two attached hydrogens (primary N) is 1. The van der Waals surface area contributed by atoms with Crippen molar-refractivity contribution in [2.75, 3.05) is 5.73 Å². The molecule has 0 bridgehead atoms. The summed E-state index contributed by atoms with van der Waals surface area (Å²) in [4.78, 5) is 1.37. The molecular formula is C8H14F2N4. The number of nitrogens with zero attached hydrogens (tertiary/aromatic N) is 3. The lowest BCUT2D eigenvalue weighted by atomic mass is 10.0. The summed E-state index contributed by atoms with van der Waals surface area (Å²) in [5.74, 6) is 0.221. The Labute approximate surface area is 81.1 Å². The van der Waals surface area contributed by atoms with E-state index in [4.69, 9.17) is 5.73 Å². The maximum Gasteiger partial charge on any atom is 0.239 e. The average molecular weight is 204 g/mol. The minimum atomic E-state index is -2.27. The number of halogens is 2. The van der Waals surface area contributed by atoms with E-state index >= 15 is 0 Å². The molecule has 0 amide bonds. The van der Waals surface area contributed by atoms with E-state index in [1.807, 2.05) is 6.92 Å². The van der Waals surface area contributed by atoms with Crippen molar-refractivity contribution in [2.24, 2.45) is 5.92 Å². The first-order valence-corrected chi connectivity index (χ1v) is 4.55. The molecule has 14 heavy (non-hydrogen) atoms. The van der Waals surface area contributed by atoms with Crippen molar-refractivity contribution in [3.63, 3.8) is 0 Å². The van der Waals surface area contributed by atoms with Crippen LogP contribution in [0.25, 0.3) is 0 Å². The van der Waals surface area contributed by atoms with Crippen molar-refractivity contribution in [3.8, 4) is 0 Å². The van der Waals surface area contributed by atoms with Crippen LogP contribution in [0, 0.1) is 5.92 Å². The lowest BCUT2D eigenvalue weighted by Gasteiger charge is -2.12. The van der Waals surface area contributed by atoms with E-state index < -0.39 is 6.43 Å². The van der Waals surface area contributed by atoms with E-state index in [2.05, 4.69) is 10.2 Å². The largest absolute Gasteiger partial charge is 0.381 e. The summed E-state index contributed by atoms with van der Waals surface area (Å²) in [6.07, 6.45) is -0.286. The molecule has 0 saturated heterocycles. The zero-order chi connectivity index (χ0) is 10.6. The van der Waals surface area contributed by atoms with Crippen LogP contribution in [-0.4, -0.2) is 21.4 Å². The Morgan fingerprint density at radius 3 is 2.71 bits per heavy atom. The third-order valence-electron chi connectivity index (χ3n) is 2.06. The number of nitrogen functional groups attached to an aromatic ring is 1. The lowest BCUT2D eigenvalue weighted by molar-refractivity contribution is 0.106. The second-order valence-corrected chi connectivity index (χ2v) is 3.23. The molecule has 2 N–H and O–H groups in total. The van der Waals surface area contributed by atoms with Gasteiger partial charge in [0.1, 0.15) is 0 Å². The van der Waals surface area contributed by atoms with E-state index in [9.17, 15) is 8.78 Å². The van der Waals surface area contributed by atoms with Gasteiger partial charge in [0.25, 0.3) is 0 Å². The minimum Gasteiger partial charge on any atom is -0.381 e. The second-order valence-electron chi connectivity index (χ2n) is 3.23. The Morgan fingerprint density at radius 2 is 2.29 bits per heavy atom. The number of anilines is 1. The Hall–Kier alpha value is -1.20. The number of alkyl halides is 2. The molecule has 0 spiro atoms. The summed E-state index contributed by atoms with van der Waals surface area (Å²) in [6.45, 7) is 2.28. The van der Waals surface area contributed by atoms with Crippen LogP contribution in [0.3, 0.4) is 0 Å². The third-order valence-corrected chi connectivity index (χ3v) is 2.06. The van der Waals surface area contributed by atoms with E-state index in [0.29, 0.717) is 18.8 Å². The molecule has 0 radical (unpaired) electrons. The van der Waals surface area contributed by atoms with E-state index in [-0.39, 0.29) is 12.3 Å². The van der Waals surface area contributed by atoms with Crippen molar-refractivity contribution in [2.45, 2.75) is 32.7 Å². The first kappa shape index (κ1) is 10.9. The van der Waals surface area contributed by atoms with Crippen LogP contribution in [0.1, 0.15) is 19.8 Å². The molecule has 1 heterocycles. The highest BCUT2D eigenvalue weighted by molar-refractivity contribution is 5.19. The number of hydrogen-bond donors (Lipinski definition) is 1. The Bertz CT molecular complexity index is 274. The zero-order valence-corrected chi connectivity index (χ0v) is 8.03. The molecule has 0 aliphatic carbocycles. The van der Waals surface area contributed by atoms with Gasteiger partial charge in [0.05, 0.1) is 12.7 Å². The van der Waals surface area contributed by atoms with Crippen molar-refractivity contribution < 1.29 is 8.78 Å². The van der Waals surface area contributed by atoms with E-state index in [0.717, 1.165) is 0 Å². The van der Waals surface area contributed by atoms with Crippen molar-refractivity contribution in [3.05, 3.63) is 6.20 Å². The summed E-state index contributed by atoms with van der Waals surface area (Å²) in [5, 5.41) is 7.69. The highest BCUT2D eigenvalue weighted by atomic mass is 19.3. The van der Waals surface area contributed by atoms with Crippen LogP contribution in [0.15, 0.2) is 6.20 Å². The fraction of sp³-hybridized carbons (Fsp3) is 0.750. The molecule has 0 saturated carbocycles. The van der Waals surface area contributed by atoms with Gasteiger partial charge in [0.15, 0.2) is 5.82 Å². The Kier molecular flexibility index (Phi) is 3.79. The molecule has 1 unspecified atom stereocenters. The van der Waals surface area contributed by atoms with Gasteiger partial charge in [0, 0.05) is 6.42 Å². The molecule has 4 nitrogen and oxygen atoms in total. The van der Waals surface area contributed by atoms with Gasteiger partial charge in [-0.05, 0) is 5.92 Å². The van der Waals surface area contributed by atoms with Gasteiger partial charge in [0.2, 0.25) is 6.43 Å². The molecule has 1 rings (SSSR count). The SMILES string of the molecule is CCC(CC(F)F)Cn1ncc(N)n1. The van der Waals surface area contributed by atoms with Gasteiger partial charge in [-0.3, -0.25) is 0 Å². The van der Waals surface area contributed by atoms with Crippen LogP contribution in [0.5, 0.6) is 0 Å². The van der Waals surface area contributed by atoms with Gasteiger partial charge in [-0.1, -0.05) is 13.3 Å². The van der Waals surface area contributed by atoms with Crippen molar-refractivity contribution in [1.29, 1.82) is 0 Å². The first-order chi connectivity index (χ1) is 6.61. The normalized spacial score (nSPS) is 13.4. The maximum absolute atomic E-state index is 12.1. The fourth-order valence-electron chi connectivity index (χ4n) is 1.25. The summed E-state index contributed by atoms with van der Waals surface area (Å²) >= 11 is 0. The van der Waals surface area contributed by atoms with Crippen LogP contribution in [0.2, 0.25) is 0 Å². The van der Waals surface area contributed by atoms with Gasteiger partial charge in [-0.2, -0.15) is 9.90 Å². The molecule has 1 aromatic heterocycles. The molecular weight excluding hydrogens is 190 g/mol. The predicted octanol–water partition coefficient (Wildman–Crippen LogP) is 1.54. The molecule has 80 valence electrons. The summed E-state index contributed by atoms with van der Waals surface area (Å²) < 4.78 is 24.2. The van der Waals surface area contributed by atoms with Gasteiger partial charge in [-0.25, -0.2) is 8.78 Å². The molecule has 0 aliphatic rings. The second kappa shape index (κ2) is 4.88. The van der Waals surface area contributed by atoms with Gasteiger partial charge < -0.3 is 5.73 Å². The summed E-state index contributed by atoms with van der Waals surface area (Å²) in [5.41, 5.74) is 5.35. The van der Waals surface area contributed by atoms with Crippen LogP contribution < -0.4 is 5.73 Å². The topological polar surface area (TPSA) is 56.7 Å². The Balaban J connectivity index is 2.48. The first-order valence-electron chi connectivity index (χ1n) is 4.55. The van der Waals surface area contributed by atoms with Crippen molar-refractivity contribution >= 4 is 5.82 Å². The van der Waals surface area contributed by atoms with Crippen LogP contribution >= 0.6 is 0 Å². The number of aromatic nitrogens is 3. The molecule has 0 aromatic carbocycles. The highest BCUT2D eigenvalue weighted by Crippen LogP contribution is 2.15. The monoisotopic (exact) mass is 204 g/mol. The lowest BCUT2D eigenvalue weighted by Crippen LogP contribution is -2.15. The van der Waals surface area contributed by atoms with Crippen LogP contribution in [0.4, 0.5) is 14.6 Å². The summed E-state index contributed by atoms with van der Waals surface area (Å²) in [6, 6.07) is 0. The molecule has 1 aromatic rings. The highest BCUT2D eigenvalue weighted by Gasteiger charge is 2.14. The van der Waals surface area contributed by atoms with E-state index in [1.165, 1.54) is 11.0 Å². The zero-order valence-electron chi connectivity index (χ0n) is 8.03. The van der Waals surface area contributed by atoms with Gasteiger partial charge >= 0.3 is 0 Å². The average Bonchev–Trinajstić information content (AvgIpc) is 2.49.